The largest absolute Gasteiger partial charge is 0.394 e. The first-order chi connectivity index (χ1) is 53.6. The van der Waals surface area contributed by atoms with Crippen LogP contribution in [0.1, 0.15) is 213 Å². The first-order valence-corrected chi connectivity index (χ1v) is 40.4. The Balaban J connectivity index is 0.000000216. The highest BCUT2D eigenvalue weighted by Crippen LogP contribution is 2.38. The maximum absolute atomic E-state index is 14.3. The number of aliphatic hydroxyl groups excluding tert-OH is 6. The summed E-state index contributed by atoms with van der Waals surface area (Å²) in [6, 6.07) is 20.4. The number of hydrogen-bond donors (Lipinski definition) is 11. The zero-order chi connectivity index (χ0) is 80.1. The molecule has 10 rings (SSSR count). The Morgan fingerprint density at radius 2 is 0.874 bits per heavy atom. The molecule has 2 saturated heterocycles. The molecule has 4 heterocycles. The molecule has 111 heavy (non-hydrogen) atoms. The van der Waals surface area contributed by atoms with E-state index in [1.807, 2.05) is 44.2 Å². The average Bonchev–Trinajstić information content (AvgIpc) is 1.69. The van der Waals surface area contributed by atoms with Gasteiger partial charge in [-0.3, -0.25) is 48.2 Å². The van der Waals surface area contributed by atoms with Crippen molar-refractivity contribution in [1.29, 1.82) is 0 Å². The molecule has 8 amide bonds. The van der Waals surface area contributed by atoms with Gasteiger partial charge in [0.1, 0.15) is 66.8 Å². The van der Waals surface area contributed by atoms with Gasteiger partial charge in [-0.1, -0.05) is 163 Å². The lowest BCUT2D eigenvalue weighted by Crippen LogP contribution is -2.62. The summed E-state index contributed by atoms with van der Waals surface area (Å²) < 4.78 is 14.9. The van der Waals surface area contributed by atoms with Gasteiger partial charge in [-0.25, -0.2) is 9.36 Å². The number of rotatable bonds is 30. The second kappa shape index (κ2) is 44.8. The van der Waals surface area contributed by atoms with Crippen molar-refractivity contribution in [2.24, 2.45) is 17.8 Å². The molecule has 0 radical (unpaired) electrons. The normalized spacial score (nSPS) is 23.0. The Bertz CT molecular complexity index is 3810. The standard InChI is InChI=1S/C29H41IN6O7.C29H42N6O7.C22H30N2O2/c1-3-4-14-31-27(41)24(18-10-6-5-7-11-18)36(28(42)19-12-8-9-13-20(19)30)22-15-35(34-33-22)29-23(32-17(2)38)26(40)25(39)21(16-37)43-29;1-3-4-15-30-27(40)24(19-11-7-5-8-12-19)35(28(41)20-13-9-6-10-14-20)22-16-34(33-32-22)29-23(31-18(2)37)26(39)25(38)21(17-36)42-29;1-3-5-16-23-21(25)20(18-12-8-6-9-13-18)24(17-4-2)22(26)19-14-10-7-11-15-19/h8-9,12-13,15,18,21,23-26,29,37,39-40H,3-7,10-11,14,16H2,1-2H3,(H,31,41)(H,32,38);6,9-10,13-14,16,19,21,23-26,29,36,38-39H,3-5,7-8,11-12,15,17H2,1-2H3,(H,30,40)(H,31,37);2,7,10-11,14-15,18,20H,3,5-6,8-9,12-13,16-17H2,1H3,(H,23,25). The topological polar surface area (TPSA) is 408 Å². The van der Waals surface area contributed by atoms with Crippen LogP contribution in [0.3, 0.4) is 0 Å². The third-order valence-electron chi connectivity index (χ3n) is 21.1. The molecular weight excluding hydrogens is 1540 g/mol. The Hall–Kier alpha value is -8.33. The molecule has 31 heteroatoms. The molecule has 5 aromatic rings. The van der Waals surface area contributed by atoms with Crippen LogP contribution in [0.25, 0.3) is 0 Å². The van der Waals surface area contributed by atoms with Gasteiger partial charge in [0.2, 0.25) is 29.5 Å². The van der Waals surface area contributed by atoms with E-state index in [-0.39, 0.29) is 59.6 Å². The van der Waals surface area contributed by atoms with Crippen molar-refractivity contribution in [3.63, 3.8) is 0 Å². The minimum Gasteiger partial charge on any atom is -0.394 e. The van der Waals surface area contributed by atoms with Crippen molar-refractivity contribution in [1.82, 2.24) is 61.5 Å². The number of nitrogens with zero attached hydrogens (tertiary/aromatic N) is 9. The molecule has 5 fully saturated rings. The van der Waals surface area contributed by atoms with Crippen LogP contribution in [-0.4, -0.2) is 219 Å². The number of terminal acetylenes is 1. The number of ether oxygens (including phenoxy) is 2. The maximum atomic E-state index is 14.3. The number of carbonyl (C=O) groups is 8. The predicted octanol–water partition coefficient (Wildman–Crippen LogP) is 6.04. The zero-order valence-corrected chi connectivity index (χ0v) is 66.5. The van der Waals surface area contributed by atoms with Crippen LogP contribution in [0.2, 0.25) is 0 Å². The van der Waals surface area contributed by atoms with Crippen LogP contribution in [0, 0.1) is 33.7 Å². The number of aromatic nitrogens is 6. The van der Waals surface area contributed by atoms with E-state index in [4.69, 9.17) is 15.9 Å². The number of halogens is 1. The Kier molecular flexibility index (Phi) is 35.6. The second-order valence-electron chi connectivity index (χ2n) is 29.2. The first kappa shape index (κ1) is 88.2. The fourth-order valence-corrected chi connectivity index (χ4v) is 15.9. The number of unbranched alkanes of at least 4 members (excludes halogenated alkanes) is 3. The average molecular weight is 1650 g/mol. The molecule has 11 N–H and O–H groups in total. The summed E-state index contributed by atoms with van der Waals surface area (Å²) in [5.41, 5.74) is 1.35. The van der Waals surface area contributed by atoms with E-state index < -0.39 is 116 Å². The SMILES string of the molecule is C#CCN(C(=O)c1ccccc1)C(C(=O)NCCCC)C1CCCCC1.CCCCNC(=O)C(C1CCCCC1)N(C(=O)c1ccccc1)c1cn(C2OC(CO)C(O)C(O)C2NC(C)=O)nn1.CCCCNC(=O)C(C1CCCCC1)N(C(=O)c1ccccc1I)c1cn(C2OC(CO)C(O)C(O)C2NC(C)=O)nn1. The molecule has 13 atom stereocenters. The molecule has 606 valence electrons. The molecular formula is C80H113IN14O16. The molecule has 2 aliphatic heterocycles. The number of anilines is 2. The van der Waals surface area contributed by atoms with Gasteiger partial charge in [-0.15, -0.1) is 16.6 Å². The number of benzene rings is 3. The van der Waals surface area contributed by atoms with Gasteiger partial charge in [0.15, 0.2) is 24.1 Å². The van der Waals surface area contributed by atoms with Crippen LogP contribution in [0.4, 0.5) is 11.6 Å². The lowest BCUT2D eigenvalue weighted by molar-refractivity contribution is -0.219. The van der Waals surface area contributed by atoms with E-state index in [0.29, 0.717) is 39.9 Å². The summed E-state index contributed by atoms with van der Waals surface area (Å²) in [4.78, 5) is 111. The highest BCUT2D eigenvalue weighted by molar-refractivity contribution is 14.1. The lowest BCUT2D eigenvalue weighted by Gasteiger charge is -2.42. The third-order valence-corrected chi connectivity index (χ3v) is 22.1. The number of aliphatic hydroxyl groups is 6. The van der Waals surface area contributed by atoms with Crippen molar-refractivity contribution >= 4 is 81.5 Å². The molecule has 2 aromatic heterocycles. The Labute approximate surface area is 663 Å². The number of amides is 8. The zero-order valence-electron chi connectivity index (χ0n) is 64.3. The van der Waals surface area contributed by atoms with Crippen LogP contribution in [0.5, 0.6) is 0 Å². The number of hydrogen-bond acceptors (Lipinski definition) is 20. The predicted molar refractivity (Wildman–Crippen MR) is 422 cm³/mol. The second-order valence-corrected chi connectivity index (χ2v) is 30.3. The van der Waals surface area contributed by atoms with E-state index in [1.54, 1.807) is 59.5 Å². The molecule has 3 aliphatic carbocycles. The summed E-state index contributed by atoms with van der Waals surface area (Å²) >= 11 is 2.09. The van der Waals surface area contributed by atoms with Gasteiger partial charge in [0.05, 0.1) is 37.7 Å². The van der Waals surface area contributed by atoms with Crippen molar-refractivity contribution in [3.8, 4) is 12.3 Å². The summed E-state index contributed by atoms with van der Waals surface area (Å²) in [6.45, 7) is 9.24. The maximum Gasteiger partial charge on any atom is 0.261 e. The van der Waals surface area contributed by atoms with E-state index in [0.717, 1.165) is 128 Å². The smallest absolute Gasteiger partial charge is 0.261 e. The van der Waals surface area contributed by atoms with Gasteiger partial charge in [-0.2, -0.15) is 0 Å². The summed E-state index contributed by atoms with van der Waals surface area (Å²) in [6.07, 6.45) is 17.5. The fourth-order valence-electron chi connectivity index (χ4n) is 15.3. The van der Waals surface area contributed by atoms with Gasteiger partial charge in [-0.05, 0) is 135 Å². The quantitative estimate of drug-likeness (QED) is 0.0142. The van der Waals surface area contributed by atoms with Crippen LogP contribution in [0.15, 0.2) is 97.3 Å². The van der Waals surface area contributed by atoms with E-state index in [2.05, 4.69) is 82.6 Å². The number of carbonyl (C=O) groups excluding carboxylic acids is 8. The molecule has 13 unspecified atom stereocenters. The lowest BCUT2D eigenvalue weighted by atomic mass is 9.82. The van der Waals surface area contributed by atoms with Gasteiger partial charge < -0.3 is 71.6 Å². The summed E-state index contributed by atoms with van der Waals surface area (Å²) in [7, 11) is 0. The minimum atomic E-state index is -1.49. The third kappa shape index (κ3) is 23.6. The molecule has 0 spiro atoms. The molecule has 30 nitrogen and oxygen atoms in total. The highest BCUT2D eigenvalue weighted by atomic mass is 127. The van der Waals surface area contributed by atoms with Crippen molar-refractivity contribution in [2.45, 2.75) is 249 Å². The summed E-state index contributed by atoms with van der Waals surface area (Å²) in [5, 5.41) is 93.1. The van der Waals surface area contributed by atoms with E-state index in [1.165, 1.54) is 51.8 Å². The van der Waals surface area contributed by atoms with Gasteiger partial charge >= 0.3 is 0 Å². The van der Waals surface area contributed by atoms with Crippen molar-refractivity contribution in [3.05, 3.63) is 118 Å². The van der Waals surface area contributed by atoms with Gasteiger partial charge in [0.25, 0.3) is 17.7 Å². The minimum absolute atomic E-state index is 0.0649. The Morgan fingerprint density at radius 1 is 0.514 bits per heavy atom. The number of nitrogens with one attached hydrogen (secondary N) is 5. The monoisotopic (exact) mass is 1650 g/mol. The molecule has 0 bridgehead atoms. The first-order valence-electron chi connectivity index (χ1n) is 39.3. The molecule has 3 saturated carbocycles. The fraction of sp³-hybridized carbons (Fsp3) is 0.600. The molecule has 3 aromatic carbocycles. The molecule has 5 aliphatic rings. The van der Waals surface area contributed by atoms with Crippen molar-refractivity contribution < 1.29 is 78.5 Å². The van der Waals surface area contributed by atoms with Crippen LogP contribution in [-0.2, 0) is 33.4 Å². The van der Waals surface area contributed by atoms with Crippen LogP contribution >= 0.6 is 22.6 Å². The van der Waals surface area contributed by atoms with E-state index in [9.17, 15) is 69.0 Å². The van der Waals surface area contributed by atoms with E-state index >= 15 is 0 Å². The Morgan fingerprint density at radius 3 is 1.24 bits per heavy atom. The van der Waals surface area contributed by atoms with Crippen molar-refractivity contribution in [2.75, 3.05) is 49.2 Å². The van der Waals surface area contributed by atoms with Crippen LogP contribution < -0.4 is 36.4 Å². The highest BCUT2D eigenvalue weighted by Gasteiger charge is 2.50. The summed E-state index contributed by atoms with van der Waals surface area (Å²) in [5.74, 6) is 0.175. The van der Waals surface area contributed by atoms with Gasteiger partial charge in [0, 0.05) is 48.2 Å².